The lowest BCUT2D eigenvalue weighted by Crippen LogP contribution is -2.38. The number of benzene rings is 1. The monoisotopic (exact) mass is 280 g/mol. The van der Waals surface area contributed by atoms with Crippen LogP contribution in [0.15, 0.2) is 30.3 Å². The SMILES string of the molecule is COCCCNC(=O)CN(CCO)Cc1ccccc1. The summed E-state index contributed by atoms with van der Waals surface area (Å²) in [6, 6.07) is 9.93. The molecule has 0 spiro atoms. The summed E-state index contributed by atoms with van der Waals surface area (Å²) in [5.74, 6) is -0.0227. The Morgan fingerprint density at radius 1 is 1.35 bits per heavy atom. The maximum absolute atomic E-state index is 11.8. The van der Waals surface area contributed by atoms with Crippen molar-refractivity contribution in [2.75, 3.05) is 40.0 Å². The Labute approximate surface area is 120 Å². The third-order valence-electron chi connectivity index (χ3n) is 2.88. The van der Waals surface area contributed by atoms with Crippen LogP contribution in [0.1, 0.15) is 12.0 Å². The topological polar surface area (TPSA) is 61.8 Å². The zero-order valence-electron chi connectivity index (χ0n) is 12.0. The van der Waals surface area contributed by atoms with E-state index in [9.17, 15) is 4.79 Å². The first-order valence-electron chi connectivity index (χ1n) is 6.89. The fourth-order valence-electron chi connectivity index (χ4n) is 1.90. The van der Waals surface area contributed by atoms with Crippen LogP contribution in [0.3, 0.4) is 0 Å². The summed E-state index contributed by atoms with van der Waals surface area (Å²) in [6.07, 6.45) is 0.806. The van der Waals surface area contributed by atoms with Crippen LogP contribution < -0.4 is 5.32 Å². The number of ether oxygens (including phenoxy) is 1. The van der Waals surface area contributed by atoms with E-state index in [4.69, 9.17) is 9.84 Å². The number of aliphatic hydroxyl groups excluding tert-OH is 1. The van der Waals surface area contributed by atoms with Crippen LogP contribution in [0.4, 0.5) is 0 Å². The molecule has 5 heteroatoms. The van der Waals surface area contributed by atoms with Gasteiger partial charge in [0, 0.05) is 33.4 Å². The Morgan fingerprint density at radius 3 is 2.75 bits per heavy atom. The average molecular weight is 280 g/mol. The molecule has 0 aliphatic rings. The van der Waals surface area contributed by atoms with Crippen molar-refractivity contribution in [3.8, 4) is 0 Å². The lowest BCUT2D eigenvalue weighted by molar-refractivity contribution is -0.122. The molecule has 0 aliphatic heterocycles. The van der Waals surface area contributed by atoms with Crippen LogP contribution in [0.2, 0.25) is 0 Å². The van der Waals surface area contributed by atoms with Crippen molar-refractivity contribution < 1.29 is 14.6 Å². The Balaban J connectivity index is 2.36. The van der Waals surface area contributed by atoms with Gasteiger partial charge in [-0.3, -0.25) is 9.69 Å². The number of carbonyl (C=O) groups is 1. The van der Waals surface area contributed by atoms with E-state index in [2.05, 4.69) is 5.32 Å². The first-order chi connectivity index (χ1) is 9.76. The van der Waals surface area contributed by atoms with Gasteiger partial charge in [-0.25, -0.2) is 0 Å². The highest BCUT2D eigenvalue weighted by Crippen LogP contribution is 2.03. The summed E-state index contributed by atoms with van der Waals surface area (Å²) in [5.41, 5.74) is 1.13. The second-order valence-electron chi connectivity index (χ2n) is 4.62. The van der Waals surface area contributed by atoms with Gasteiger partial charge in [-0.2, -0.15) is 0 Å². The summed E-state index contributed by atoms with van der Waals surface area (Å²) in [5, 5.41) is 11.9. The number of nitrogens with zero attached hydrogens (tertiary/aromatic N) is 1. The predicted octanol–water partition coefficient (Wildman–Crippen LogP) is 0.634. The first-order valence-corrected chi connectivity index (χ1v) is 6.89. The molecule has 2 N–H and O–H groups in total. The van der Waals surface area contributed by atoms with Gasteiger partial charge in [-0.1, -0.05) is 30.3 Å². The Morgan fingerprint density at radius 2 is 2.10 bits per heavy atom. The van der Waals surface area contributed by atoms with E-state index >= 15 is 0 Å². The van der Waals surface area contributed by atoms with E-state index < -0.39 is 0 Å². The van der Waals surface area contributed by atoms with Crippen LogP contribution in [-0.2, 0) is 16.1 Å². The first kappa shape index (κ1) is 16.6. The maximum atomic E-state index is 11.8. The van der Waals surface area contributed by atoms with E-state index in [1.165, 1.54) is 0 Å². The van der Waals surface area contributed by atoms with Crippen molar-refractivity contribution in [3.05, 3.63) is 35.9 Å². The van der Waals surface area contributed by atoms with E-state index in [1.54, 1.807) is 7.11 Å². The molecule has 0 aromatic heterocycles. The Hall–Kier alpha value is -1.43. The van der Waals surface area contributed by atoms with Crippen molar-refractivity contribution in [3.63, 3.8) is 0 Å². The quantitative estimate of drug-likeness (QED) is 0.617. The Kier molecular flexibility index (Phi) is 8.62. The standard InChI is InChI=1S/C15H24N2O3/c1-20-11-5-8-16-15(19)13-17(9-10-18)12-14-6-3-2-4-7-14/h2-4,6-7,18H,5,8-13H2,1H3,(H,16,19). The van der Waals surface area contributed by atoms with E-state index in [0.717, 1.165) is 12.0 Å². The van der Waals surface area contributed by atoms with Crippen LogP contribution in [0.25, 0.3) is 0 Å². The molecule has 0 unspecified atom stereocenters. The summed E-state index contributed by atoms with van der Waals surface area (Å²) in [7, 11) is 1.64. The smallest absolute Gasteiger partial charge is 0.234 e. The molecule has 5 nitrogen and oxygen atoms in total. The summed E-state index contributed by atoms with van der Waals surface area (Å²) in [4.78, 5) is 13.7. The van der Waals surface area contributed by atoms with Gasteiger partial charge < -0.3 is 15.2 Å². The third kappa shape index (κ3) is 7.23. The van der Waals surface area contributed by atoms with E-state index in [-0.39, 0.29) is 12.5 Å². The van der Waals surface area contributed by atoms with Gasteiger partial charge in [0.1, 0.15) is 0 Å². The highest BCUT2D eigenvalue weighted by Gasteiger charge is 2.10. The highest BCUT2D eigenvalue weighted by molar-refractivity contribution is 5.77. The number of rotatable bonds is 10. The molecule has 0 atom stereocenters. The molecule has 0 bridgehead atoms. The van der Waals surface area contributed by atoms with E-state index in [0.29, 0.717) is 32.8 Å². The molecule has 0 aliphatic carbocycles. The van der Waals surface area contributed by atoms with Crippen molar-refractivity contribution in [2.45, 2.75) is 13.0 Å². The largest absolute Gasteiger partial charge is 0.395 e. The zero-order valence-corrected chi connectivity index (χ0v) is 12.0. The molecule has 0 saturated heterocycles. The molecule has 1 amide bonds. The van der Waals surface area contributed by atoms with Crippen LogP contribution in [-0.4, -0.2) is 55.9 Å². The van der Waals surface area contributed by atoms with Crippen LogP contribution in [0.5, 0.6) is 0 Å². The van der Waals surface area contributed by atoms with Crippen LogP contribution in [0, 0.1) is 0 Å². The fraction of sp³-hybridized carbons (Fsp3) is 0.533. The molecule has 20 heavy (non-hydrogen) atoms. The number of hydrogen-bond acceptors (Lipinski definition) is 4. The normalized spacial score (nSPS) is 10.8. The molecule has 0 fully saturated rings. The zero-order chi connectivity index (χ0) is 14.6. The summed E-state index contributed by atoms with van der Waals surface area (Å²) in [6.45, 7) is 2.75. The molecule has 112 valence electrons. The predicted molar refractivity (Wildman–Crippen MR) is 78.3 cm³/mol. The lowest BCUT2D eigenvalue weighted by atomic mass is 10.2. The minimum Gasteiger partial charge on any atom is -0.395 e. The van der Waals surface area contributed by atoms with Gasteiger partial charge in [-0.05, 0) is 12.0 Å². The average Bonchev–Trinajstić information content (AvgIpc) is 2.45. The van der Waals surface area contributed by atoms with Crippen molar-refractivity contribution in [2.24, 2.45) is 0 Å². The number of amides is 1. The second-order valence-corrected chi connectivity index (χ2v) is 4.62. The molecule has 1 aromatic rings. The Bertz CT molecular complexity index is 371. The van der Waals surface area contributed by atoms with Gasteiger partial charge in [0.05, 0.1) is 13.2 Å². The van der Waals surface area contributed by atoms with E-state index in [1.807, 2.05) is 35.2 Å². The second kappa shape index (κ2) is 10.4. The van der Waals surface area contributed by atoms with Crippen molar-refractivity contribution >= 4 is 5.91 Å². The van der Waals surface area contributed by atoms with Gasteiger partial charge in [0.25, 0.3) is 0 Å². The van der Waals surface area contributed by atoms with Gasteiger partial charge in [0.2, 0.25) is 5.91 Å². The molecule has 0 heterocycles. The van der Waals surface area contributed by atoms with Crippen molar-refractivity contribution in [1.29, 1.82) is 0 Å². The molecule has 0 saturated carbocycles. The number of hydrogen-bond donors (Lipinski definition) is 2. The number of aliphatic hydroxyl groups is 1. The van der Waals surface area contributed by atoms with Gasteiger partial charge in [-0.15, -0.1) is 0 Å². The summed E-state index contributed by atoms with van der Waals surface area (Å²) >= 11 is 0. The maximum Gasteiger partial charge on any atom is 0.234 e. The van der Waals surface area contributed by atoms with Crippen LogP contribution >= 0.6 is 0 Å². The molecular weight excluding hydrogens is 256 g/mol. The van der Waals surface area contributed by atoms with Gasteiger partial charge >= 0.3 is 0 Å². The summed E-state index contributed by atoms with van der Waals surface area (Å²) < 4.78 is 4.93. The van der Waals surface area contributed by atoms with Gasteiger partial charge in [0.15, 0.2) is 0 Å². The minimum absolute atomic E-state index is 0.0227. The molecule has 1 aromatic carbocycles. The van der Waals surface area contributed by atoms with Crippen molar-refractivity contribution in [1.82, 2.24) is 10.2 Å². The molecular formula is C15H24N2O3. The number of nitrogens with one attached hydrogen (secondary N) is 1. The highest BCUT2D eigenvalue weighted by atomic mass is 16.5. The molecule has 0 radical (unpaired) electrons. The number of methoxy groups -OCH3 is 1. The number of carbonyl (C=O) groups excluding carboxylic acids is 1. The lowest BCUT2D eigenvalue weighted by Gasteiger charge is -2.20. The fourth-order valence-corrected chi connectivity index (χ4v) is 1.90. The minimum atomic E-state index is -0.0227. The molecule has 1 rings (SSSR count). The third-order valence-corrected chi connectivity index (χ3v) is 2.88.